The average Bonchev–Trinajstić information content (AvgIpc) is 1.99. The number of hydrogen-bond donors (Lipinski definition) is 1. The largest absolute Gasteiger partial charge is 0.326 e. The van der Waals surface area contributed by atoms with E-state index in [0.29, 0.717) is 11.3 Å². The molecule has 0 bridgehead atoms. The van der Waals surface area contributed by atoms with Crippen molar-refractivity contribution in [2.24, 2.45) is 0 Å². The molecule has 1 aromatic carbocycles. The fraction of sp³-hybridized carbons (Fsp3) is 0.222. The fourth-order valence-electron chi connectivity index (χ4n) is 1.14. The van der Waals surface area contributed by atoms with Gasteiger partial charge in [-0.3, -0.25) is 4.79 Å². The standard InChI is InChI=1S/C9H10FNO3S/c1-7(12)11-9-4-2-3-8(5-9)6-15(10,13)14/h2-5H,6H2,1H3,(H,11,12). The molecular weight excluding hydrogens is 221 g/mol. The lowest BCUT2D eigenvalue weighted by atomic mass is 10.2. The SMILES string of the molecule is CC(=O)Nc1cccc(CS(=O)(=O)F)c1. The van der Waals surface area contributed by atoms with E-state index >= 15 is 0 Å². The second-order valence-electron chi connectivity index (χ2n) is 3.06. The van der Waals surface area contributed by atoms with Crippen LogP contribution in [0.1, 0.15) is 12.5 Å². The van der Waals surface area contributed by atoms with Gasteiger partial charge in [0, 0.05) is 12.6 Å². The molecule has 6 heteroatoms. The average molecular weight is 231 g/mol. The normalized spacial score (nSPS) is 11.1. The second-order valence-corrected chi connectivity index (χ2v) is 4.43. The Hall–Kier alpha value is -1.43. The summed E-state index contributed by atoms with van der Waals surface area (Å²) in [7, 11) is -4.54. The Morgan fingerprint density at radius 2 is 2.13 bits per heavy atom. The molecule has 1 rings (SSSR count). The first-order chi connectivity index (χ1) is 6.87. The van der Waals surface area contributed by atoms with Gasteiger partial charge in [0.15, 0.2) is 0 Å². The molecule has 0 saturated heterocycles. The highest BCUT2D eigenvalue weighted by molar-refractivity contribution is 7.85. The predicted molar refractivity (Wildman–Crippen MR) is 54.5 cm³/mol. The topological polar surface area (TPSA) is 63.2 Å². The Kier molecular flexibility index (Phi) is 3.41. The lowest BCUT2D eigenvalue weighted by Gasteiger charge is -2.03. The van der Waals surface area contributed by atoms with Gasteiger partial charge in [0.2, 0.25) is 5.91 Å². The van der Waals surface area contributed by atoms with Crippen LogP contribution in [0.25, 0.3) is 0 Å². The summed E-state index contributed by atoms with van der Waals surface area (Å²) < 4.78 is 33.1. The van der Waals surface area contributed by atoms with Crippen molar-refractivity contribution < 1.29 is 17.1 Å². The smallest absolute Gasteiger partial charge is 0.306 e. The number of carbonyl (C=O) groups is 1. The van der Waals surface area contributed by atoms with E-state index in [0.717, 1.165) is 0 Å². The first-order valence-electron chi connectivity index (χ1n) is 4.16. The molecule has 0 heterocycles. The van der Waals surface area contributed by atoms with Crippen molar-refractivity contribution in [1.82, 2.24) is 0 Å². The zero-order valence-electron chi connectivity index (χ0n) is 8.03. The van der Waals surface area contributed by atoms with Crippen molar-refractivity contribution in [1.29, 1.82) is 0 Å². The van der Waals surface area contributed by atoms with Crippen molar-refractivity contribution in [3.8, 4) is 0 Å². The summed E-state index contributed by atoms with van der Waals surface area (Å²) in [5, 5.41) is 2.47. The molecule has 1 N–H and O–H groups in total. The highest BCUT2D eigenvalue weighted by Gasteiger charge is 2.09. The molecular formula is C9H10FNO3S. The van der Waals surface area contributed by atoms with Crippen molar-refractivity contribution in [3.05, 3.63) is 29.8 Å². The molecule has 0 unspecified atom stereocenters. The minimum Gasteiger partial charge on any atom is -0.326 e. The third-order valence-corrected chi connectivity index (χ3v) is 2.26. The third-order valence-electron chi connectivity index (χ3n) is 1.59. The first-order valence-corrected chi connectivity index (χ1v) is 5.71. The van der Waals surface area contributed by atoms with Crippen LogP contribution >= 0.6 is 0 Å². The Balaban J connectivity index is 2.88. The van der Waals surface area contributed by atoms with Gasteiger partial charge < -0.3 is 5.32 Å². The minimum absolute atomic E-state index is 0.268. The van der Waals surface area contributed by atoms with Gasteiger partial charge in [0.05, 0.1) is 0 Å². The number of amides is 1. The van der Waals surface area contributed by atoms with Gasteiger partial charge in [-0.2, -0.15) is 8.42 Å². The van der Waals surface area contributed by atoms with Crippen LogP contribution in [0.15, 0.2) is 24.3 Å². The van der Waals surface area contributed by atoms with Crippen LogP contribution in [0.5, 0.6) is 0 Å². The van der Waals surface area contributed by atoms with E-state index in [1.165, 1.54) is 19.1 Å². The van der Waals surface area contributed by atoms with Gasteiger partial charge in [-0.15, -0.1) is 3.89 Å². The molecule has 0 radical (unpaired) electrons. The maximum absolute atomic E-state index is 12.4. The molecule has 0 spiro atoms. The molecule has 1 aromatic rings. The highest BCUT2D eigenvalue weighted by atomic mass is 32.3. The molecule has 0 aliphatic rings. The summed E-state index contributed by atoms with van der Waals surface area (Å²) in [6.45, 7) is 1.33. The molecule has 15 heavy (non-hydrogen) atoms. The monoisotopic (exact) mass is 231 g/mol. The number of benzene rings is 1. The molecule has 0 aromatic heterocycles. The minimum atomic E-state index is -4.54. The number of halogens is 1. The predicted octanol–water partition coefficient (Wildman–Crippen LogP) is 1.44. The summed E-state index contributed by atoms with van der Waals surface area (Å²) in [6, 6.07) is 6.03. The molecule has 0 fully saturated rings. The maximum Gasteiger partial charge on any atom is 0.306 e. The summed E-state index contributed by atoms with van der Waals surface area (Å²) >= 11 is 0. The van der Waals surface area contributed by atoms with E-state index in [2.05, 4.69) is 5.32 Å². The van der Waals surface area contributed by atoms with Crippen molar-refractivity contribution in [2.75, 3.05) is 5.32 Å². The molecule has 0 aliphatic carbocycles. The lowest BCUT2D eigenvalue weighted by Crippen LogP contribution is -2.06. The Morgan fingerprint density at radius 1 is 1.47 bits per heavy atom. The Bertz CT molecular complexity index is 470. The van der Waals surface area contributed by atoms with E-state index in [1.807, 2.05) is 0 Å². The third kappa shape index (κ3) is 4.55. The van der Waals surface area contributed by atoms with Crippen molar-refractivity contribution in [2.45, 2.75) is 12.7 Å². The molecule has 1 amide bonds. The Morgan fingerprint density at radius 3 is 2.67 bits per heavy atom. The zero-order valence-corrected chi connectivity index (χ0v) is 8.84. The number of carbonyl (C=O) groups excluding carboxylic acids is 1. The molecule has 0 saturated carbocycles. The number of rotatable bonds is 3. The Labute approximate surface area is 87.3 Å². The number of nitrogens with one attached hydrogen (secondary N) is 1. The van der Waals surface area contributed by atoms with Gasteiger partial charge in [0.25, 0.3) is 0 Å². The van der Waals surface area contributed by atoms with Gasteiger partial charge in [-0.1, -0.05) is 12.1 Å². The van der Waals surface area contributed by atoms with E-state index in [9.17, 15) is 17.1 Å². The van der Waals surface area contributed by atoms with E-state index < -0.39 is 16.0 Å². The summed E-state index contributed by atoms with van der Waals surface area (Å²) in [4.78, 5) is 10.7. The van der Waals surface area contributed by atoms with E-state index in [-0.39, 0.29) is 5.91 Å². The maximum atomic E-state index is 12.4. The highest BCUT2D eigenvalue weighted by Crippen LogP contribution is 2.13. The quantitative estimate of drug-likeness (QED) is 0.801. The van der Waals surface area contributed by atoms with Gasteiger partial charge in [-0.25, -0.2) is 0 Å². The summed E-state index contributed by atoms with van der Waals surface area (Å²) in [5.41, 5.74) is 0.743. The zero-order chi connectivity index (χ0) is 11.5. The van der Waals surface area contributed by atoms with E-state index in [1.54, 1.807) is 12.1 Å². The molecule has 82 valence electrons. The fourth-order valence-corrected chi connectivity index (χ4v) is 1.72. The molecule has 0 atom stereocenters. The van der Waals surface area contributed by atoms with E-state index in [4.69, 9.17) is 0 Å². The molecule has 4 nitrogen and oxygen atoms in total. The number of anilines is 1. The summed E-state index contributed by atoms with van der Waals surface area (Å²) in [5.74, 6) is -0.948. The first kappa shape index (κ1) is 11.6. The molecule has 0 aliphatic heterocycles. The van der Waals surface area contributed by atoms with Crippen molar-refractivity contribution in [3.63, 3.8) is 0 Å². The van der Waals surface area contributed by atoms with Gasteiger partial charge in [-0.05, 0) is 17.7 Å². The summed E-state index contributed by atoms with van der Waals surface area (Å²) in [6.07, 6.45) is 0. The van der Waals surface area contributed by atoms with Crippen LogP contribution in [0.3, 0.4) is 0 Å². The van der Waals surface area contributed by atoms with Crippen LogP contribution in [0, 0.1) is 0 Å². The lowest BCUT2D eigenvalue weighted by molar-refractivity contribution is -0.114. The second kappa shape index (κ2) is 4.39. The number of hydrogen-bond acceptors (Lipinski definition) is 3. The van der Waals surface area contributed by atoms with Crippen LogP contribution in [0.4, 0.5) is 9.57 Å². The van der Waals surface area contributed by atoms with Crippen LogP contribution in [-0.2, 0) is 20.8 Å². The van der Waals surface area contributed by atoms with Crippen LogP contribution in [-0.4, -0.2) is 14.3 Å². The van der Waals surface area contributed by atoms with Gasteiger partial charge >= 0.3 is 10.2 Å². The van der Waals surface area contributed by atoms with Gasteiger partial charge in [0.1, 0.15) is 5.75 Å². The van der Waals surface area contributed by atoms with Crippen LogP contribution < -0.4 is 5.32 Å². The van der Waals surface area contributed by atoms with Crippen molar-refractivity contribution >= 4 is 21.8 Å². The van der Waals surface area contributed by atoms with Crippen LogP contribution in [0.2, 0.25) is 0 Å².